The molecular formula is C24H31N7O4. The number of hydrogen-bond donors (Lipinski definition) is 4. The van der Waals surface area contributed by atoms with Gasteiger partial charge >= 0.3 is 0 Å². The minimum Gasteiger partial charge on any atom is -0.393 e. The third kappa shape index (κ3) is 4.48. The highest BCUT2D eigenvalue weighted by atomic mass is 16.5. The lowest BCUT2D eigenvalue weighted by molar-refractivity contribution is 0.00732. The van der Waals surface area contributed by atoms with E-state index in [0.29, 0.717) is 35.0 Å². The van der Waals surface area contributed by atoms with Gasteiger partial charge in [-0.05, 0) is 50.7 Å². The molecule has 4 atom stereocenters. The third-order valence-electron chi connectivity index (χ3n) is 7.05. The molecule has 1 amide bonds. The maximum Gasteiger partial charge on any atom is 0.274 e. The van der Waals surface area contributed by atoms with Crippen LogP contribution in [0.25, 0.3) is 5.65 Å². The van der Waals surface area contributed by atoms with Gasteiger partial charge in [-0.1, -0.05) is 0 Å². The summed E-state index contributed by atoms with van der Waals surface area (Å²) in [6, 6.07) is 5.17. The van der Waals surface area contributed by atoms with Gasteiger partial charge in [-0.25, -0.2) is 4.98 Å². The van der Waals surface area contributed by atoms with E-state index in [1.54, 1.807) is 41.6 Å². The molecule has 0 aromatic carbocycles. The van der Waals surface area contributed by atoms with Gasteiger partial charge in [-0.3, -0.25) is 9.59 Å². The molecule has 3 heterocycles. The zero-order chi connectivity index (χ0) is 24.5. The van der Waals surface area contributed by atoms with Gasteiger partial charge in [0.05, 0.1) is 24.4 Å². The van der Waals surface area contributed by atoms with Gasteiger partial charge in [0.1, 0.15) is 22.9 Å². The third-order valence-corrected chi connectivity index (χ3v) is 7.05. The number of amides is 1. The quantitative estimate of drug-likeness (QED) is 0.403. The summed E-state index contributed by atoms with van der Waals surface area (Å²) in [5, 5.41) is 23.6. The van der Waals surface area contributed by atoms with Gasteiger partial charge in [-0.15, -0.1) is 0 Å². The van der Waals surface area contributed by atoms with Gasteiger partial charge in [0.2, 0.25) is 0 Å². The maximum atomic E-state index is 13.2. The molecule has 2 fully saturated rings. The van der Waals surface area contributed by atoms with Crippen LogP contribution in [-0.4, -0.2) is 62.6 Å². The Labute approximate surface area is 202 Å². The van der Waals surface area contributed by atoms with Crippen LogP contribution in [0.3, 0.4) is 0 Å². The predicted molar refractivity (Wildman–Crippen MR) is 131 cm³/mol. The van der Waals surface area contributed by atoms with Gasteiger partial charge in [0.15, 0.2) is 5.65 Å². The van der Waals surface area contributed by atoms with Crippen LogP contribution in [0.2, 0.25) is 0 Å². The molecule has 0 saturated heterocycles. The van der Waals surface area contributed by atoms with E-state index in [1.165, 1.54) is 6.20 Å². The highest BCUT2D eigenvalue weighted by Gasteiger charge is 2.33. The Balaban J connectivity index is 1.44. The van der Waals surface area contributed by atoms with Crippen LogP contribution in [-0.2, 0) is 4.74 Å². The summed E-state index contributed by atoms with van der Waals surface area (Å²) >= 11 is 0. The monoisotopic (exact) mass is 481 g/mol. The summed E-state index contributed by atoms with van der Waals surface area (Å²) in [6.07, 6.45) is 7.75. The number of aromatic nitrogens is 4. The Morgan fingerprint density at radius 3 is 2.83 bits per heavy atom. The topological polar surface area (TPSA) is 135 Å². The standard InChI is InChI=1S/C24H31N7O4/c1-25-21-12-20(27-18-7-4-10-30(24(18)34)14-5-3-6-15(32)11-14)29-22-16(13-26-31(21)22)23(33)28-17-8-9-19(17)35-2/h4,7,10,12-15,17,19,25,32H,3,5-6,8-9,11H2,1-2H3,(H,27,29)(H,28,33)/t14-,15+,17+,19+/m0/s1. The maximum absolute atomic E-state index is 13.2. The number of carbonyl (C=O) groups is 1. The molecular weight excluding hydrogens is 450 g/mol. The summed E-state index contributed by atoms with van der Waals surface area (Å²) < 4.78 is 8.62. The smallest absolute Gasteiger partial charge is 0.274 e. The highest BCUT2D eigenvalue weighted by Crippen LogP contribution is 2.28. The number of rotatable bonds is 7. The van der Waals surface area contributed by atoms with Crippen LogP contribution in [0.4, 0.5) is 17.3 Å². The number of fused-ring (bicyclic) bond motifs is 1. The van der Waals surface area contributed by atoms with Gasteiger partial charge in [0, 0.05) is 32.5 Å². The van der Waals surface area contributed by atoms with Crippen molar-refractivity contribution in [1.82, 2.24) is 24.5 Å². The first-order valence-electron chi connectivity index (χ1n) is 12.0. The van der Waals surface area contributed by atoms with Crippen molar-refractivity contribution in [3.05, 3.63) is 46.5 Å². The molecule has 11 heteroatoms. The fourth-order valence-electron chi connectivity index (χ4n) is 4.95. The Bertz CT molecular complexity index is 1280. The average Bonchev–Trinajstić information content (AvgIpc) is 3.27. The zero-order valence-electron chi connectivity index (χ0n) is 19.9. The second-order valence-corrected chi connectivity index (χ2v) is 9.24. The number of pyridine rings is 1. The fraction of sp³-hybridized carbons (Fsp3) is 0.500. The normalized spacial score (nSPS) is 24.1. The number of anilines is 3. The number of hydrogen-bond acceptors (Lipinski definition) is 8. The Hall–Kier alpha value is -3.44. The summed E-state index contributed by atoms with van der Waals surface area (Å²) in [6.45, 7) is 0. The lowest BCUT2D eigenvalue weighted by atomic mass is 9.89. The van der Waals surface area contributed by atoms with E-state index >= 15 is 0 Å². The van der Waals surface area contributed by atoms with Crippen molar-refractivity contribution >= 4 is 28.9 Å². The Morgan fingerprint density at radius 2 is 2.11 bits per heavy atom. The van der Waals surface area contributed by atoms with Crippen molar-refractivity contribution in [2.45, 2.75) is 62.8 Å². The molecule has 2 aliphatic carbocycles. The first-order valence-corrected chi connectivity index (χ1v) is 12.0. The first kappa shape index (κ1) is 23.3. The van der Waals surface area contributed by atoms with E-state index in [1.807, 2.05) is 6.07 Å². The minimum atomic E-state index is -0.384. The SMILES string of the molecule is CNc1cc(Nc2cccn([C@H]3CCC[C@@H](O)C3)c2=O)nc2c(C(=O)N[C@@H]3CC[C@H]3OC)cnn12. The van der Waals surface area contributed by atoms with E-state index in [4.69, 9.17) is 4.74 Å². The van der Waals surface area contributed by atoms with Crippen LogP contribution >= 0.6 is 0 Å². The zero-order valence-corrected chi connectivity index (χ0v) is 19.9. The summed E-state index contributed by atoms with van der Waals surface area (Å²) in [5.74, 6) is 0.756. The molecule has 3 aromatic rings. The van der Waals surface area contributed by atoms with Crippen molar-refractivity contribution in [2.24, 2.45) is 0 Å². The molecule has 0 aliphatic heterocycles. The predicted octanol–water partition coefficient (Wildman–Crippen LogP) is 2.06. The molecule has 186 valence electrons. The molecule has 35 heavy (non-hydrogen) atoms. The molecule has 2 aliphatic rings. The number of aliphatic hydroxyl groups is 1. The first-order chi connectivity index (χ1) is 17.0. The Morgan fingerprint density at radius 1 is 1.26 bits per heavy atom. The number of ether oxygens (including phenoxy) is 1. The van der Waals surface area contributed by atoms with Crippen LogP contribution in [0, 0.1) is 0 Å². The molecule has 11 nitrogen and oxygen atoms in total. The fourth-order valence-corrected chi connectivity index (χ4v) is 4.95. The van der Waals surface area contributed by atoms with Crippen LogP contribution < -0.4 is 21.5 Å². The lowest BCUT2D eigenvalue weighted by Crippen LogP contribution is -2.51. The molecule has 2 saturated carbocycles. The number of nitrogens with zero attached hydrogens (tertiary/aromatic N) is 4. The molecule has 5 rings (SSSR count). The van der Waals surface area contributed by atoms with Crippen LogP contribution in [0.1, 0.15) is 54.9 Å². The summed E-state index contributed by atoms with van der Waals surface area (Å²) in [7, 11) is 3.40. The second-order valence-electron chi connectivity index (χ2n) is 9.24. The number of carbonyl (C=O) groups excluding carboxylic acids is 1. The van der Waals surface area contributed by atoms with Gasteiger partial charge < -0.3 is 30.4 Å². The van der Waals surface area contributed by atoms with Crippen LogP contribution in [0.5, 0.6) is 0 Å². The summed E-state index contributed by atoms with van der Waals surface area (Å²) in [5.41, 5.74) is 0.904. The molecule has 0 bridgehead atoms. The molecule has 4 N–H and O–H groups in total. The van der Waals surface area contributed by atoms with E-state index in [-0.39, 0.29) is 35.8 Å². The average molecular weight is 482 g/mol. The van der Waals surface area contributed by atoms with Crippen molar-refractivity contribution < 1.29 is 14.6 Å². The van der Waals surface area contributed by atoms with E-state index < -0.39 is 0 Å². The lowest BCUT2D eigenvalue weighted by Gasteiger charge is -2.35. The Kier molecular flexibility index (Phi) is 6.44. The second kappa shape index (κ2) is 9.67. The van der Waals surface area contributed by atoms with Crippen LogP contribution in [0.15, 0.2) is 35.4 Å². The molecule has 0 unspecified atom stereocenters. The number of aliphatic hydroxyl groups excluding tert-OH is 1. The van der Waals surface area contributed by atoms with Crippen molar-refractivity contribution in [3.8, 4) is 0 Å². The summed E-state index contributed by atoms with van der Waals surface area (Å²) in [4.78, 5) is 30.8. The van der Waals surface area contributed by atoms with Crippen molar-refractivity contribution in [1.29, 1.82) is 0 Å². The van der Waals surface area contributed by atoms with Gasteiger partial charge in [-0.2, -0.15) is 9.61 Å². The van der Waals surface area contributed by atoms with Crippen molar-refractivity contribution in [3.63, 3.8) is 0 Å². The minimum absolute atomic E-state index is 0.0179. The number of nitrogens with one attached hydrogen (secondary N) is 3. The van der Waals surface area contributed by atoms with E-state index in [0.717, 1.165) is 32.1 Å². The number of methoxy groups -OCH3 is 1. The molecule has 3 aromatic heterocycles. The largest absolute Gasteiger partial charge is 0.393 e. The van der Waals surface area contributed by atoms with Crippen molar-refractivity contribution in [2.75, 3.05) is 24.8 Å². The van der Waals surface area contributed by atoms with E-state index in [2.05, 4.69) is 26.0 Å². The molecule has 0 spiro atoms. The van der Waals surface area contributed by atoms with E-state index in [9.17, 15) is 14.7 Å². The highest BCUT2D eigenvalue weighted by molar-refractivity contribution is 6.00. The van der Waals surface area contributed by atoms with Gasteiger partial charge in [0.25, 0.3) is 11.5 Å². The molecule has 0 radical (unpaired) electrons.